The number of rotatable bonds is 4. The molecular weight excluding hydrogens is 246 g/mol. The van der Waals surface area contributed by atoms with Crippen LogP contribution < -0.4 is 5.73 Å². The number of nitrogens with two attached hydrogens (primary N) is 1. The highest BCUT2D eigenvalue weighted by atomic mass is 16.5. The van der Waals surface area contributed by atoms with Gasteiger partial charge in [0, 0.05) is 7.11 Å². The summed E-state index contributed by atoms with van der Waals surface area (Å²) in [4.78, 5) is 4.31. The molecule has 108 valence electrons. The van der Waals surface area contributed by atoms with Crippen LogP contribution in [0.15, 0.2) is 4.52 Å². The molecule has 1 aliphatic rings. The Bertz CT molecular complexity index is 421. The summed E-state index contributed by atoms with van der Waals surface area (Å²) >= 11 is 0. The standard InChI is InChI=1S/C13H23N3O3/c1-12(2)4-6-13(18-3,7-5-12)11-15-10(19-16-11)9(14)8-17/h9,17H,4-8,14H2,1-3H3/t9-/m0/s1. The van der Waals surface area contributed by atoms with Crippen LogP contribution in [0.3, 0.4) is 0 Å². The fourth-order valence-electron chi connectivity index (χ4n) is 2.50. The van der Waals surface area contributed by atoms with Gasteiger partial charge in [-0.3, -0.25) is 0 Å². The second-order valence-corrected chi connectivity index (χ2v) is 6.11. The van der Waals surface area contributed by atoms with Gasteiger partial charge in [-0.25, -0.2) is 0 Å². The molecule has 0 unspecified atom stereocenters. The maximum atomic E-state index is 9.01. The minimum absolute atomic E-state index is 0.214. The summed E-state index contributed by atoms with van der Waals surface area (Å²) in [5.41, 5.74) is 5.53. The van der Waals surface area contributed by atoms with Gasteiger partial charge in [0.1, 0.15) is 11.6 Å². The van der Waals surface area contributed by atoms with Gasteiger partial charge in [0.2, 0.25) is 11.7 Å². The molecule has 1 aromatic heterocycles. The van der Waals surface area contributed by atoms with Crippen molar-refractivity contribution in [3.05, 3.63) is 11.7 Å². The quantitative estimate of drug-likeness (QED) is 0.860. The first kappa shape index (κ1) is 14.4. The zero-order chi connectivity index (χ0) is 14.1. The first-order chi connectivity index (χ1) is 8.92. The molecule has 6 nitrogen and oxygen atoms in total. The SMILES string of the molecule is COC1(c2noc([C@@H](N)CO)n2)CCC(C)(C)CC1. The van der Waals surface area contributed by atoms with Gasteiger partial charge < -0.3 is 20.1 Å². The first-order valence-electron chi connectivity index (χ1n) is 6.68. The number of aliphatic hydroxyl groups excluding tert-OH is 1. The summed E-state index contributed by atoms with van der Waals surface area (Å²) in [7, 11) is 1.68. The number of aliphatic hydroxyl groups is 1. The second-order valence-electron chi connectivity index (χ2n) is 6.11. The van der Waals surface area contributed by atoms with Crippen LogP contribution >= 0.6 is 0 Å². The molecule has 1 heterocycles. The van der Waals surface area contributed by atoms with E-state index in [0.717, 1.165) is 25.7 Å². The molecule has 3 N–H and O–H groups in total. The molecule has 0 aromatic carbocycles. The summed E-state index contributed by atoms with van der Waals surface area (Å²) in [6.45, 7) is 4.31. The highest BCUT2D eigenvalue weighted by molar-refractivity contribution is 5.06. The summed E-state index contributed by atoms with van der Waals surface area (Å²) in [5.74, 6) is 0.808. The van der Waals surface area contributed by atoms with Crippen molar-refractivity contribution in [3.8, 4) is 0 Å². The highest BCUT2D eigenvalue weighted by Crippen LogP contribution is 2.46. The van der Waals surface area contributed by atoms with Gasteiger partial charge in [-0.2, -0.15) is 4.98 Å². The molecule has 0 aliphatic heterocycles. The lowest BCUT2D eigenvalue weighted by molar-refractivity contribution is -0.0740. The van der Waals surface area contributed by atoms with E-state index in [1.807, 2.05) is 0 Å². The van der Waals surface area contributed by atoms with Crippen LogP contribution in [0, 0.1) is 5.41 Å². The Labute approximate surface area is 113 Å². The van der Waals surface area contributed by atoms with Gasteiger partial charge >= 0.3 is 0 Å². The highest BCUT2D eigenvalue weighted by Gasteiger charge is 2.43. The molecule has 1 aliphatic carbocycles. The predicted molar refractivity (Wildman–Crippen MR) is 69.2 cm³/mol. The van der Waals surface area contributed by atoms with Crippen molar-refractivity contribution in [1.82, 2.24) is 10.1 Å². The van der Waals surface area contributed by atoms with E-state index in [1.54, 1.807) is 7.11 Å². The van der Waals surface area contributed by atoms with Gasteiger partial charge in [-0.1, -0.05) is 19.0 Å². The van der Waals surface area contributed by atoms with Crippen LogP contribution in [-0.2, 0) is 10.3 Å². The van der Waals surface area contributed by atoms with Gasteiger partial charge in [0.05, 0.1) is 6.61 Å². The lowest BCUT2D eigenvalue weighted by atomic mass is 9.70. The molecule has 1 fully saturated rings. The van der Waals surface area contributed by atoms with Gasteiger partial charge in [0.25, 0.3) is 0 Å². The summed E-state index contributed by atoms with van der Waals surface area (Å²) < 4.78 is 10.8. The molecule has 19 heavy (non-hydrogen) atoms. The smallest absolute Gasteiger partial charge is 0.246 e. The Morgan fingerprint density at radius 3 is 2.53 bits per heavy atom. The Hall–Kier alpha value is -0.980. The van der Waals surface area contributed by atoms with E-state index in [0.29, 0.717) is 11.2 Å². The van der Waals surface area contributed by atoms with E-state index in [2.05, 4.69) is 24.0 Å². The van der Waals surface area contributed by atoms with Crippen molar-refractivity contribution in [1.29, 1.82) is 0 Å². The maximum absolute atomic E-state index is 9.01. The van der Waals surface area contributed by atoms with Crippen molar-refractivity contribution in [2.75, 3.05) is 13.7 Å². The lowest BCUT2D eigenvalue weighted by Crippen LogP contribution is -2.37. The molecule has 6 heteroatoms. The molecule has 1 saturated carbocycles. The van der Waals surface area contributed by atoms with Crippen LogP contribution in [0.5, 0.6) is 0 Å². The van der Waals surface area contributed by atoms with Crippen LogP contribution in [-0.4, -0.2) is 29.0 Å². The van der Waals surface area contributed by atoms with Crippen LogP contribution in [0.2, 0.25) is 0 Å². The third kappa shape index (κ3) is 2.80. The number of hydrogen-bond donors (Lipinski definition) is 2. The molecule has 0 amide bonds. The number of nitrogens with zero attached hydrogens (tertiary/aromatic N) is 2. The molecule has 2 rings (SSSR count). The minimum Gasteiger partial charge on any atom is -0.394 e. The molecule has 1 atom stereocenters. The number of aromatic nitrogens is 2. The molecule has 0 bridgehead atoms. The average Bonchev–Trinajstić information content (AvgIpc) is 2.89. The Balaban J connectivity index is 2.20. The summed E-state index contributed by atoms with van der Waals surface area (Å²) in [6.07, 6.45) is 3.83. The van der Waals surface area contributed by atoms with E-state index in [-0.39, 0.29) is 12.5 Å². The van der Waals surface area contributed by atoms with Crippen molar-refractivity contribution in [3.63, 3.8) is 0 Å². The first-order valence-corrected chi connectivity index (χ1v) is 6.68. The predicted octanol–water partition coefficient (Wildman–Crippen LogP) is 1.50. The van der Waals surface area contributed by atoms with Gasteiger partial charge in [-0.15, -0.1) is 0 Å². The van der Waals surface area contributed by atoms with Gasteiger partial charge in [-0.05, 0) is 31.1 Å². The Morgan fingerprint density at radius 2 is 2.00 bits per heavy atom. The minimum atomic E-state index is -0.629. The molecule has 0 spiro atoms. The normalized spacial score (nSPS) is 23.2. The van der Waals surface area contributed by atoms with Crippen LogP contribution in [0.1, 0.15) is 57.3 Å². The van der Waals surface area contributed by atoms with Crippen molar-refractivity contribution in [2.45, 2.75) is 51.2 Å². The number of methoxy groups -OCH3 is 1. The molecule has 0 radical (unpaired) electrons. The fourth-order valence-corrected chi connectivity index (χ4v) is 2.50. The van der Waals surface area contributed by atoms with Crippen LogP contribution in [0.4, 0.5) is 0 Å². The molecule has 1 aromatic rings. The van der Waals surface area contributed by atoms with Crippen LogP contribution in [0.25, 0.3) is 0 Å². The molecular formula is C13H23N3O3. The number of hydrogen-bond acceptors (Lipinski definition) is 6. The van der Waals surface area contributed by atoms with E-state index >= 15 is 0 Å². The maximum Gasteiger partial charge on any atom is 0.246 e. The monoisotopic (exact) mass is 269 g/mol. The van der Waals surface area contributed by atoms with Crippen molar-refractivity contribution < 1.29 is 14.4 Å². The van der Waals surface area contributed by atoms with Crippen molar-refractivity contribution in [2.24, 2.45) is 11.1 Å². The van der Waals surface area contributed by atoms with Crippen molar-refractivity contribution >= 4 is 0 Å². The molecule has 0 saturated heterocycles. The topological polar surface area (TPSA) is 94.4 Å². The van der Waals surface area contributed by atoms with Gasteiger partial charge in [0.15, 0.2) is 0 Å². The third-order valence-electron chi connectivity index (χ3n) is 4.17. The second kappa shape index (κ2) is 5.19. The van der Waals surface area contributed by atoms with E-state index < -0.39 is 11.6 Å². The lowest BCUT2D eigenvalue weighted by Gasteiger charge is -2.40. The summed E-state index contributed by atoms with van der Waals surface area (Å²) in [6, 6.07) is -0.629. The Kier molecular flexibility index (Phi) is 3.94. The van der Waals surface area contributed by atoms with E-state index in [9.17, 15) is 0 Å². The average molecular weight is 269 g/mol. The number of ether oxygens (including phenoxy) is 1. The zero-order valence-corrected chi connectivity index (χ0v) is 11.8. The van der Waals surface area contributed by atoms with E-state index in [4.69, 9.17) is 20.1 Å². The fraction of sp³-hybridized carbons (Fsp3) is 0.846. The third-order valence-corrected chi connectivity index (χ3v) is 4.17. The largest absolute Gasteiger partial charge is 0.394 e. The Morgan fingerprint density at radius 1 is 1.37 bits per heavy atom. The van der Waals surface area contributed by atoms with E-state index in [1.165, 1.54) is 0 Å². The zero-order valence-electron chi connectivity index (χ0n) is 11.8. The summed E-state index contributed by atoms with van der Waals surface area (Å²) in [5, 5.41) is 13.0.